The molecule has 3 rings (SSSR count). The van der Waals surface area contributed by atoms with E-state index >= 15 is 0 Å². The van der Waals surface area contributed by atoms with Crippen LogP contribution >= 0.6 is 0 Å². The molecule has 0 radical (unpaired) electrons. The van der Waals surface area contributed by atoms with Gasteiger partial charge in [-0.1, -0.05) is 60.7 Å². The van der Waals surface area contributed by atoms with Gasteiger partial charge in [-0.2, -0.15) is 0 Å². The Bertz CT molecular complexity index is 658. The molecule has 0 heterocycles. The normalized spacial score (nSPS) is 20.9. The fourth-order valence-corrected chi connectivity index (χ4v) is 3.97. The molecule has 1 fully saturated rings. The van der Waals surface area contributed by atoms with Crippen LogP contribution in [0, 0.1) is 5.92 Å². The highest BCUT2D eigenvalue weighted by atomic mass is 16.5. The van der Waals surface area contributed by atoms with Gasteiger partial charge >= 0.3 is 0 Å². The lowest BCUT2D eigenvalue weighted by Gasteiger charge is -2.28. The van der Waals surface area contributed by atoms with Crippen LogP contribution in [-0.4, -0.2) is 7.11 Å². The first kappa shape index (κ1) is 17.9. The third kappa shape index (κ3) is 4.83. The average Bonchev–Trinajstić information content (AvgIpc) is 2.68. The number of hydrogen-bond donors (Lipinski definition) is 0. The van der Waals surface area contributed by atoms with Gasteiger partial charge in [-0.25, -0.2) is 0 Å². The first-order valence-corrected chi connectivity index (χ1v) is 9.59. The summed E-state index contributed by atoms with van der Waals surface area (Å²) in [6.07, 6.45) is 11.2. The van der Waals surface area contributed by atoms with Gasteiger partial charge < -0.3 is 4.74 Å². The van der Waals surface area contributed by atoms with E-state index in [0.717, 1.165) is 11.8 Å². The second kappa shape index (κ2) is 9.01. The summed E-state index contributed by atoms with van der Waals surface area (Å²) in [7, 11) is 1.74. The largest absolute Gasteiger partial charge is 0.380 e. The van der Waals surface area contributed by atoms with E-state index < -0.39 is 0 Å². The smallest absolute Gasteiger partial charge is 0.0713 e. The van der Waals surface area contributed by atoms with E-state index in [1.165, 1.54) is 54.4 Å². The Morgan fingerprint density at radius 3 is 2.04 bits per heavy atom. The van der Waals surface area contributed by atoms with Crippen LogP contribution in [0.4, 0.5) is 0 Å². The van der Waals surface area contributed by atoms with Crippen molar-refractivity contribution in [3.05, 3.63) is 71.8 Å². The van der Waals surface area contributed by atoms with Crippen LogP contribution in [0.1, 0.15) is 56.1 Å². The average molecular weight is 335 g/mol. The van der Waals surface area contributed by atoms with Gasteiger partial charge in [0.2, 0.25) is 0 Å². The molecular weight excluding hydrogens is 304 g/mol. The van der Waals surface area contributed by atoms with E-state index in [2.05, 4.69) is 67.6 Å². The standard InChI is InChI=1S/C24H30O/c1-3-4-5-19-6-10-21(11-7-19)23-14-16-24(17-15-23)22-12-8-20(9-13-22)18-25-2/h3-4,8-9,12-17,19,21H,5-7,10-11,18H2,1-2H3. The molecule has 0 N–H and O–H groups in total. The summed E-state index contributed by atoms with van der Waals surface area (Å²) in [5.41, 5.74) is 5.32. The topological polar surface area (TPSA) is 9.23 Å². The lowest BCUT2D eigenvalue weighted by Crippen LogP contribution is -2.12. The van der Waals surface area contributed by atoms with Crippen LogP contribution in [-0.2, 0) is 11.3 Å². The maximum absolute atomic E-state index is 5.18. The van der Waals surface area contributed by atoms with Crippen LogP contribution in [0.5, 0.6) is 0 Å². The van der Waals surface area contributed by atoms with E-state index in [-0.39, 0.29) is 0 Å². The molecule has 0 bridgehead atoms. The molecule has 0 atom stereocenters. The second-order valence-electron chi connectivity index (χ2n) is 7.27. The molecule has 0 amide bonds. The molecule has 0 aromatic heterocycles. The summed E-state index contributed by atoms with van der Waals surface area (Å²) in [5, 5.41) is 0. The predicted octanol–water partition coefficient (Wildman–Crippen LogP) is 6.74. The summed E-state index contributed by atoms with van der Waals surface area (Å²) in [6.45, 7) is 2.80. The van der Waals surface area contributed by atoms with Crippen molar-refractivity contribution in [1.29, 1.82) is 0 Å². The van der Waals surface area contributed by atoms with Gasteiger partial charge in [-0.15, -0.1) is 0 Å². The van der Waals surface area contributed by atoms with E-state index in [9.17, 15) is 0 Å². The Hall–Kier alpha value is -1.86. The first-order chi connectivity index (χ1) is 12.3. The maximum atomic E-state index is 5.18. The molecule has 0 aliphatic heterocycles. The molecule has 1 aliphatic rings. The van der Waals surface area contributed by atoms with Crippen LogP contribution in [0.15, 0.2) is 60.7 Å². The van der Waals surface area contributed by atoms with Crippen molar-refractivity contribution < 1.29 is 4.74 Å². The van der Waals surface area contributed by atoms with Crippen molar-refractivity contribution in [3.8, 4) is 11.1 Å². The SMILES string of the molecule is CC=CCC1CCC(c2ccc(-c3ccc(COC)cc3)cc2)CC1. The summed E-state index contributed by atoms with van der Waals surface area (Å²) in [6, 6.07) is 17.9. The molecule has 1 heteroatoms. The summed E-state index contributed by atoms with van der Waals surface area (Å²) < 4.78 is 5.18. The Morgan fingerprint density at radius 1 is 0.880 bits per heavy atom. The van der Waals surface area contributed by atoms with Gasteiger partial charge in [-0.3, -0.25) is 0 Å². The molecule has 0 spiro atoms. The first-order valence-electron chi connectivity index (χ1n) is 9.59. The highest BCUT2D eigenvalue weighted by Crippen LogP contribution is 2.37. The zero-order valence-electron chi connectivity index (χ0n) is 15.6. The van der Waals surface area contributed by atoms with Gasteiger partial charge in [0.1, 0.15) is 0 Å². The van der Waals surface area contributed by atoms with E-state index in [4.69, 9.17) is 4.74 Å². The molecule has 0 saturated heterocycles. The monoisotopic (exact) mass is 334 g/mol. The third-order valence-electron chi connectivity index (χ3n) is 5.53. The number of allylic oxidation sites excluding steroid dienone is 2. The van der Waals surface area contributed by atoms with Crippen molar-refractivity contribution >= 4 is 0 Å². The molecule has 2 aromatic rings. The number of rotatable bonds is 6. The lowest BCUT2D eigenvalue weighted by molar-refractivity contribution is 0.185. The summed E-state index contributed by atoms with van der Waals surface area (Å²) in [5.74, 6) is 1.65. The zero-order chi connectivity index (χ0) is 17.5. The highest BCUT2D eigenvalue weighted by Gasteiger charge is 2.21. The van der Waals surface area contributed by atoms with E-state index in [1.807, 2.05) is 0 Å². The van der Waals surface area contributed by atoms with Crippen molar-refractivity contribution in [3.63, 3.8) is 0 Å². The van der Waals surface area contributed by atoms with Crippen LogP contribution in [0.3, 0.4) is 0 Å². The van der Waals surface area contributed by atoms with Gasteiger partial charge in [0.05, 0.1) is 6.61 Å². The molecule has 0 unspecified atom stereocenters. The van der Waals surface area contributed by atoms with Gasteiger partial charge in [-0.05, 0) is 73.1 Å². The molecule has 2 aromatic carbocycles. The Kier molecular flexibility index (Phi) is 6.47. The van der Waals surface area contributed by atoms with Gasteiger partial charge in [0.15, 0.2) is 0 Å². The Morgan fingerprint density at radius 2 is 1.48 bits per heavy atom. The number of benzene rings is 2. The van der Waals surface area contributed by atoms with Crippen molar-refractivity contribution in [2.45, 2.75) is 51.6 Å². The fourth-order valence-electron chi connectivity index (χ4n) is 3.97. The third-order valence-corrected chi connectivity index (χ3v) is 5.53. The zero-order valence-corrected chi connectivity index (χ0v) is 15.6. The van der Waals surface area contributed by atoms with E-state index in [0.29, 0.717) is 6.61 Å². The lowest BCUT2D eigenvalue weighted by atomic mass is 9.77. The quantitative estimate of drug-likeness (QED) is 0.531. The molecule has 1 aliphatic carbocycles. The van der Waals surface area contributed by atoms with Gasteiger partial charge in [0.25, 0.3) is 0 Å². The number of hydrogen-bond acceptors (Lipinski definition) is 1. The van der Waals surface area contributed by atoms with Crippen LogP contribution < -0.4 is 0 Å². The molecule has 132 valence electrons. The summed E-state index contributed by atoms with van der Waals surface area (Å²) in [4.78, 5) is 0. The predicted molar refractivity (Wildman–Crippen MR) is 107 cm³/mol. The van der Waals surface area contributed by atoms with Crippen molar-refractivity contribution in [1.82, 2.24) is 0 Å². The molecule has 25 heavy (non-hydrogen) atoms. The van der Waals surface area contributed by atoms with Crippen LogP contribution in [0.25, 0.3) is 11.1 Å². The minimum Gasteiger partial charge on any atom is -0.380 e. The molecule has 1 saturated carbocycles. The number of methoxy groups -OCH3 is 1. The molecular formula is C24H30O. The minimum absolute atomic E-state index is 0.677. The Labute approximate surface area is 152 Å². The maximum Gasteiger partial charge on any atom is 0.0713 e. The second-order valence-corrected chi connectivity index (χ2v) is 7.27. The fraction of sp³-hybridized carbons (Fsp3) is 0.417. The minimum atomic E-state index is 0.677. The number of ether oxygens (including phenoxy) is 1. The van der Waals surface area contributed by atoms with Crippen molar-refractivity contribution in [2.75, 3.05) is 7.11 Å². The van der Waals surface area contributed by atoms with Crippen molar-refractivity contribution in [2.24, 2.45) is 5.92 Å². The highest BCUT2D eigenvalue weighted by molar-refractivity contribution is 5.64. The van der Waals surface area contributed by atoms with Gasteiger partial charge in [0, 0.05) is 7.11 Å². The summed E-state index contributed by atoms with van der Waals surface area (Å²) >= 11 is 0. The van der Waals surface area contributed by atoms with E-state index in [1.54, 1.807) is 7.11 Å². The molecule has 1 nitrogen and oxygen atoms in total. The Balaban J connectivity index is 1.61. The van der Waals surface area contributed by atoms with Crippen LogP contribution in [0.2, 0.25) is 0 Å².